The molecule has 1 aromatic carbocycles. The zero-order valence-corrected chi connectivity index (χ0v) is 53.1. The first-order valence-electron chi connectivity index (χ1n) is 30.5. The summed E-state index contributed by atoms with van der Waals surface area (Å²) in [7, 11) is 0. The number of benzene rings is 1. The second-order valence-electron chi connectivity index (χ2n) is 22.1. The molecule has 0 spiro atoms. The minimum atomic E-state index is -1.61. The summed E-state index contributed by atoms with van der Waals surface area (Å²) < 4.78 is 0. The smallest absolute Gasteiger partial charge is 0.322 e. The fourth-order valence-corrected chi connectivity index (χ4v) is 8.85. The molecule has 1 aromatic rings. The van der Waals surface area contributed by atoms with Crippen LogP contribution in [0, 0.1) is 5.92 Å². The van der Waals surface area contributed by atoms with Crippen LogP contribution in [0.4, 0.5) is 0 Å². The Kier molecular flexibility index (Phi) is 39.4. The van der Waals surface area contributed by atoms with Crippen LogP contribution in [0.3, 0.4) is 0 Å². The monoisotopic (exact) mass is 1330 g/mol. The molecular weight excluding hydrogens is 1230 g/mol. The van der Waals surface area contributed by atoms with Gasteiger partial charge in [0.2, 0.25) is 59.1 Å². The predicted octanol–water partition coefficient (Wildman–Crippen LogP) is -8.23. The minimum absolute atomic E-state index is 0.0114. The molecule has 10 amide bonds. The fourth-order valence-electron chi connectivity index (χ4n) is 8.85. The van der Waals surface area contributed by atoms with Crippen molar-refractivity contribution in [1.82, 2.24) is 47.9 Å². The van der Waals surface area contributed by atoms with Crippen molar-refractivity contribution in [2.75, 3.05) is 39.3 Å². The number of unbranched alkanes of at least 4 members (excludes halogenated alkanes) is 1. The summed E-state index contributed by atoms with van der Waals surface area (Å²) in [5.41, 5.74) is 62.0. The van der Waals surface area contributed by atoms with E-state index < -0.39 is 151 Å². The Bertz CT molecular complexity index is 2770. The quantitative estimate of drug-likeness (QED) is 0.0164. The number of hydrogen-bond acceptors (Lipinski definition) is 18. The van der Waals surface area contributed by atoms with Crippen LogP contribution < -0.4 is 111 Å². The molecule has 38 nitrogen and oxygen atoms in total. The molecule has 33 N–H and O–H groups in total. The van der Waals surface area contributed by atoms with E-state index in [1.54, 1.807) is 44.2 Å². The molecule has 0 heterocycles. The maximum atomic E-state index is 14.8. The number of carbonyl (C=O) groups excluding carboxylic acids is 10. The van der Waals surface area contributed by atoms with E-state index in [4.69, 9.17) is 68.2 Å². The summed E-state index contributed by atoms with van der Waals surface area (Å²) in [6.07, 6.45) is -1.67. The predicted molar refractivity (Wildman–Crippen MR) is 347 cm³/mol. The van der Waals surface area contributed by atoms with Crippen molar-refractivity contribution < 1.29 is 67.7 Å². The molecule has 38 heteroatoms. The summed E-state index contributed by atoms with van der Waals surface area (Å²) in [6, 6.07) is -4.63. The Morgan fingerprint density at radius 1 is 0.404 bits per heavy atom. The van der Waals surface area contributed by atoms with Gasteiger partial charge in [-0.3, -0.25) is 77.5 Å². The normalized spacial score (nSPS) is 13.7. The fraction of sp³-hybridized carbons (Fsp3) is 0.607. The van der Waals surface area contributed by atoms with Gasteiger partial charge in [0.15, 0.2) is 23.8 Å². The second kappa shape index (κ2) is 45.2. The molecule has 0 unspecified atom stereocenters. The van der Waals surface area contributed by atoms with E-state index in [2.05, 4.69) is 67.8 Å². The van der Waals surface area contributed by atoms with Crippen molar-refractivity contribution in [1.29, 1.82) is 0 Å². The third-order valence-corrected chi connectivity index (χ3v) is 13.8. The van der Waals surface area contributed by atoms with Crippen LogP contribution in [0.25, 0.3) is 0 Å². The highest BCUT2D eigenvalue weighted by atomic mass is 16.4. The number of primary amides is 1. The zero-order valence-electron chi connectivity index (χ0n) is 53.1. The summed E-state index contributed by atoms with van der Waals surface area (Å²) >= 11 is 0. The first kappa shape index (κ1) is 81.9. The summed E-state index contributed by atoms with van der Waals surface area (Å²) in [5, 5.41) is 41.4. The van der Waals surface area contributed by atoms with Crippen molar-refractivity contribution in [2.24, 2.45) is 89.0 Å². The van der Waals surface area contributed by atoms with Gasteiger partial charge in [-0.15, -0.1) is 0 Å². The third-order valence-electron chi connectivity index (χ3n) is 13.8. The number of aliphatic imine (C=N–C) groups is 4. The number of nitrogens with one attached hydrogen (secondary N) is 9. The number of nitrogens with zero attached hydrogens (tertiary/aromatic N) is 4. The van der Waals surface area contributed by atoms with Gasteiger partial charge in [-0.2, -0.15) is 0 Å². The number of aliphatic carboxylic acids is 2. The van der Waals surface area contributed by atoms with Gasteiger partial charge in [0.25, 0.3) is 0 Å². The lowest BCUT2D eigenvalue weighted by atomic mass is 10.00. The number of amides is 10. The first-order chi connectivity index (χ1) is 44.3. The largest absolute Gasteiger partial charge is 0.481 e. The van der Waals surface area contributed by atoms with Gasteiger partial charge in [0, 0.05) is 45.4 Å². The molecule has 0 radical (unpaired) electrons. The lowest BCUT2D eigenvalue weighted by Crippen LogP contribution is -2.61. The van der Waals surface area contributed by atoms with E-state index in [1.807, 2.05) is 0 Å². The van der Waals surface area contributed by atoms with Crippen molar-refractivity contribution in [2.45, 2.75) is 171 Å². The van der Waals surface area contributed by atoms with Crippen LogP contribution in [-0.2, 0) is 64.0 Å². The second-order valence-corrected chi connectivity index (χ2v) is 22.1. The Balaban J connectivity index is 3.94. The maximum absolute atomic E-state index is 14.8. The highest BCUT2D eigenvalue weighted by molar-refractivity contribution is 5.99. The van der Waals surface area contributed by atoms with Crippen molar-refractivity contribution >= 4 is 94.8 Å². The van der Waals surface area contributed by atoms with E-state index in [0.717, 1.165) is 0 Å². The van der Waals surface area contributed by atoms with Crippen LogP contribution in [0.15, 0.2) is 50.3 Å². The van der Waals surface area contributed by atoms with Gasteiger partial charge in [-0.05, 0) is 101 Å². The van der Waals surface area contributed by atoms with Crippen molar-refractivity contribution in [3.05, 3.63) is 35.9 Å². The summed E-state index contributed by atoms with van der Waals surface area (Å²) in [4.78, 5) is 177. The Morgan fingerprint density at radius 3 is 1.10 bits per heavy atom. The number of rotatable bonds is 48. The molecule has 9 atom stereocenters. The number of carbonyl (C=O) groups is 12. The lowest BCUT2D eigenvalue weighted by molar-refractivity contribution is -0.140. The standard InChI is InChI=1S/C56H98N24O14/c1-30(2)43(80-44(86)32(58)19-21-40(59)81)52(94)78-33(14-6-7-23-57)50(92)79-39(28-31-12-4-3-5-13-31)51(93)76-37(18-11-27-71-56(66)67)48(90)74-35(16-9-25-69-54(62)63)46(88)73-34(15-8-24-68-53(60)61)47(89)75-36(17-10-26-70-55(64)65)49(91)77-38(20-22-41(82)83)45(87)72-29-42(84)85/h3-5,12-13,30,32-39,43H,6-11,14-29,57-58H2,1-2H3,(H2,59,81)(H,72,87)(H,73,88)(H,74,90)(H,75,89)(H,76,93)(H,77,91)(H,78,94)(H,79,92)(H,80,86)(H,82,83)(H,84,85)(H4,60,61,68)(H4,62,63,69)(H4,64,65,70)(H4,66,67,71)/t32-,33-,34-,35-,36-,37-,38-,39-,43-/m0/s1. The summed E-state index contributed by atoms with van der Waals surface area (Å²) in [6.45, 7) is 2.34. The Hall–Kier alpha value is -10.1. The van der Waals surface area contributed by atoms with Crippen molar-refractivity contribution in [3.63, 3.8) is 0 Å². The molecule has 0 aliphatic heterocycles. The highest BCUT2D eigenvalue weighted by Crippen LogP contribution is 2.13. The van der Waals surface area contributed by atoms with Gasteiger partial charge >= 0.3 is 11.9 Å². The van der Waals surface area contributed by atoms with Gasteiger partial charge in [0.1, 0.15) is 54.9 Å². The molecule has 94 heavy (non-hydrogen) atoms. The first-order valence-corrected chi connectivity index (χ1v) is 30.5. The average molecular weight is 1330 g/mol. The summed E-state index contributed by atoms with van der Waals surface area (Å²) in [5.74, 6) is -13.6. The number of nitrogens with two attached hydrogens (primary N) is 11. The molecule has 1 rings (SSSR count). The number of carboxylic acids is 2. The van der Waals surface area contributed by atoms with Crippen molar-refractivity contribution in [3.8, 4) is 0 Å². The van der Waals surface area contributed by atoms with Crippen LogP contribution in [0.5, 0.6) is 0 Å². The van der Waals surface area contributed by atoms with Gasteiger partial charge < -0.3 is 121 Å². The highest BCUT2D eigenvalue weighted by Gasteiger charge is 2.36. The van der Waals surface area contributed by atoms with Gasteiger partial charge in [0.05, 0.1) is 6.04 Å². The molecule has 0 saturated carbocycles. The van der Waals surface area contributed by atoms with E-state index in [-0.39, 0.29) is 134 Å². The lowest BCUT2D eigenvalue weighted by Gasteiger charge is -2.29. The van der Waals surface area contributed by atoms with Crippen LogP contribution in [0.1, 0.15) is 116 Å². The van der Waals surface area contributed by atoms with E-state index in [1.165, 1.54) is 0 Å². The van der Waals surface area contributed by atoms with Gasteiger partial charge in [-0.1, -0.05) is 44.2 Å². The maximum Gasteiger partial charge on any atom is 0.322 e. The van der Waals surface area contributed by atoms with Crippen LogP contribution in [0.2, 0.25) is 0 Å². The third kappa shape index (κ3) is 36.0. The minimum Gasteiger partial charge on any atom is -0.481 e. The number of hydrogen-bond donors (Lipinski definition) is 22. The number of guanidine groups is 4. The molecule has 0 bridgehead atoms. The average Bonchev–Trinajstić information content (AvgIpc) is 1.04. The SMILES string of the molecule is CC(C)[C@H](NC(=O)[C@@H](N)CCC(N)=O)C(=O)N[C@@H](CCCCN)C(=O)N[C@@H](Cc1ccccc1)C(=O)N[C@@H](CCCN=C(N)N)C(=O)N[C@@H](CCCN=C(N)N)C(=O)N[C@@H](CCCN=C(N)N)C(=O)N[C@@H](CCCN=C(N)N)C(=O)N[C@@H](CCC(=O)O)C(=O)NCC(=O)O. The van der Waals surface area contributed by atoms with E-state index in [0.29, 0.717) is 18.4 Å². The molecule has 0 aromatic heterocycles. The van der Waals surface area contributed by atoms with E-state index in [9.17, 15) is 62.6 Å². The van der Waals surface area contributed by atoms with Gasteiger partial charge in [-0.25, -0.2) is 0 Å². The molecule has 0 fully saturated rings. The molecular formula is C56H98N24O14. The van der Waals surface area contributed by atoms with Crippen LogP contribution in [-0.4, -0.2) is 199 Å². The Morgan fingerprint density at radius 2 is 0.755 bits per heavy atom. The topological polar surface area (TPSA) is 689 Å². The van der Waals surface area contributed by atoms with E-state index >= 15 is 0 Å². The number of carboxylic acid groups (broad SMARTS) is 2. The Labute approximate surface area is 543 Å². The molecule has 0 aliphatic rings. The molecule has 0 aliphatic carbocycles. The van der Waals surface area contributed by atoms with Crippen LogP contribution >= 0.6 is 0 Å². The zero-order chi connectivity index (χ0) is 70.9. The molecule has 0 saturated heterocycles. The molecule has 526 valence electrons.